The monoisotopic (exact) mass is 448 g/mol. The number of hydrogen-bond acceptors (Lipinski definition) is 6. The van der Waals surface area contributed by atoms with Crippen LogP contribution in [0.3, 0.4) is 0 Å². The molecule has 8 heteroatoms. The van der Waals surface area contributed by atoms with Crippen LogP contribution < -0.4 is 5.32 Å². The molecule has 0 saturated heterocycles. The third-order valence-corrected chi connectivity index (χ3v) is 8.27. The number of anilines is 1. The fourth-order valence-corrected chi connectivity index (χ4v) is 7.19. The van der Waals surface area contributed by atoms with Crippen molar-refractivity contribution in [3.05, 3.63) is 57.8 Å². The first-order chi connectivity index (χ1) is 15.5. The first-order valence-corrected chi connectivity index (χ1v) is 12.0. The fraction of sp³-hybridized carbons (Fsp3) is 0.458. The summed E-state index contributed by atoms with van der Waals surface area (Å²) in [5.41, 5.74) is 1.66. The minimum absolute atomic E-state index is 0.0259. The second kappa shape index (κ2) is 8.21. The van der Waals surface area contributed by atoms with Crippen LogP contribution in [0.5, 0.6) is 0 Å². The molecule has 0 atom stereocenters. The third-order valence-electron chi connectivity index (χ3n) is 7.28. The van der Waals surface area contributed by atoms with Gasteiger partial charge in [-0.3, -0.25) is 14.9 Å². The largest absolute Gasteiger partial charge is 0.320 e. The van der Waals surface area contributed by atoms with Crippen molar-refractivity contribution >= 4 is 29.0 Å². The third kappa shape index (κ3) is 3.86. The first kappa shape index (κ1) is 21.0. The summed E-state index contributed by atoms with van der Waals surface area (Å²) >= 11 is 1.22. The van der Waals surface area contributed by atoms with E-state index in [2.05, 4.69) is 11.4 Å². The molecule has 1 aromatic carbocycles. The van der Waals surface area contributed by atoms with Crippen LogP contribution in [0.25, 0.3) is 0 Å². The van der Waals surface area contributed by atoms with Crippen LogP contribution >= 0.6 is 11.8 Å². The van der Waals surface area contributed by atoms with Gasteiger partial charge in [0.05, 0.1) is 16.2 Å². The van der Waals surface area contributed by atoms with Crippen molar-refractivity contribution in [1.29, 1.82) is 5.26 Å². The van der Waals surface area contributed by atoms with Crippen molar-refractivity contribution in [2.75, 3.05) is 11.1 Å². The Kier molecular flexibility index (Phi) is 5.38. The van der Waals surface area contributed by atoms with Crippen molar-refractivity contribution in [1.82, 2.24) is 4.98 Å². The van der Waals surface area contributed by atoms with Crippen LogP contribution in [0.1, 0.15) is 49.8 Å². The highest BCUT2D eigenvalue weighted by Gasteiger charge is 2.52. The summed E-state index contributed by atoms with van der Waals surface area (Å²) < 4.78 is 0. The molecule has 1 N–H and O–H groups in total. The van der Waals surface area contributed by atoms with E-state index in [-0.39, 0.29) is 28.4 Å². The Bertz CT molecular complexity index is 1090. The van der Waals surface area contributed by atoms with Crippen molar-refractivity contribution in [3.63, 3.8) is 0 Å². The summed E-state index contributed by atoms with van der Waals surface area (Å²) in [6.45, 7) is 0. The molecule has 0 radical (unpaired) electrons. The number of thioether (sulfide) groups is 1. The molecule has 4 fully saturated rings. The van der Waals surface area contributed by atoms with Crippen molar-refractivity contribution in [3.8, 4) is 6.07 Å². The van der Waals surface area contributed by atoms with E-state index in [9.17, 15) is 20.2 Å². The number of nitrogens with one attached hydrogen (secondary N) is 1. The predicted octanol–water partition coefficient (Wildman–Crippen LogP) is 5.06. The van der Waals surface area contributed by atoms with Gasteiger partial charge in [0, 0.05) is 17.2 Å². The Hall–Kier alpha value is -2.92. The highest BCUT2D eigenvalue weighted by atomic mass is 32.2. The lowest BCUT2D eigenvalue weighted by Gasteiger charge is -2.56. The predicted molar refractivity (Wildman–Crippen MR) is 121 cm³/mol. The van der Waals surface area contributed by atoms with E-state index in [4.69, 9.17) is 4.98 Å². The van der Waals surface area contributed by atoms with Crippen LogP contribution in [0.2, 0.25) is 0 Å². The molecule has 4 aliphatic rings. The normalized spacial score (nSPS) is 27.7. The Morgan fingerprint density at radius 1 is 1.16 bits per heavy atom. The summed E-state index contributed by atoms with van der Waals surface area (Å²) in [5.74, 6) is 2.04. The van der Waals surface area contributed by atoms with Crippen LogP contribution in [-0.4, -0.2) is 21.6 Å². The quantitative estimate of drug-likeness (QED) is 0.376. The number of nitro benzene ring substituents is 1. The molecule has 1 heterocycles. The maximum absolute atomic E-state index is 12.5. The number of para-hydroxylation sites is 2. The van der Waals surface area contributed by atoms with E-state index in [0.717, 1.165) is 23.4 Å². The number of carbonyl (C=O) groups excluding carboxylic acids is 1. The van der Waals surface area contributed by atoms with E-state index < -0.39 is 4.92 Å². The molecule has 4 aliphatic carbocycles. The number of hydrogen-bond donors (Lipinski definition) is 1. The number of carbonyl (C=O) groups is 1. The summed E-state index contributed by atoms with van der Waals surface area (Å²) in [7, 11) is 0. The summed E-state index contributed by atoms with van der Waals surface area (Å²) in [6.07, 6.45) is 7.59. The van der Waals surface area contributed by atoms with Gasteiger partial charge in [-0.25, -0.2) is 4.98 Å². The van der Waals surface area contributed by atoms with Crippen molar-refractivity contribution in [2.45, 2.75) is 49.0 Å². The lowest BCUT2D eigenvalue weighted by Crippen LogP contribution is -2.49. The maximum Gasteiger partial charge on any atom is 0.292 e. The lowest BCUT2D eigenvalue weighted by molar-refractivity contribution is -0.383. The zero-order valence-corrected chi connectivity index (χ0v) is 18.4. The molecule has 0 unspecified atom stereocenters. The minimum Gasteiger partial charge on any atom is -0.320 e. The maximum atomic E-state index is 12.5. The van der Waals surface area contributed by atoms with Gasteiger partial charge >= 0.3 is 0 Å². The average molecular weight is 449 g/mol. The molecule has 164 valence electrons. The summed E-state index contributed by atoms with van der Waals surface area (Å²) in [5, 5.41) is 23.9. The van der Waals surface area contributed by atoms with Crippen LogP contribution in [0.4, 0.5) is 11.4 Å². The van der Waals surface area contributed by atoms with Gasteiger partial charge in [0.2, 0.25) is 5.91 Å². The Labute approximate surface area is 190 Å². The van der Waals surface area contributed by atoms with E-state index in [1.165, 1.54) is 62.4 Å². The Morgan fingerprint density at radius 2 is 1.81 bits per heavy atom. The molecule has 2 aromatic rings. The Balaban J connectivity index is 1.33. The van der Waals surface area contributed by atoms with E-state index in [1.807, 2.05) is 12.1 Å². The van der Waals surface area contributed by atoms with Gasteiger partial charge in [-0.05, 0) is 74.5 Å². The zero-order valence-electron chi connectivity index (χ0n) is 17.6. The second-order valence-electron chi connectivity index (χ2n) is 9.47. The SMILES string of the molecule is N#Cc1ccc(C23CC4CC(CC(C4)C2)C3)nc1SCC(=O)Nc1ccccc1[N+](=O)[O-]. The van der Waals surface area contributed by atoms with E-state index in [1.54, 1.807) is 12.1 Å². The van der Waals surface area contributed by atoms with Crippen molar-refractivity contribution in [2.24, 2.45) is 17.8 Å². The molecule has 0 aliphatic heterocycles. The Morgan fingerprint density at radius 3 is 2.44 bits per heavy atom. The number of aromatic nitrogens is 1. The molecule has 1 amide bonds. The van der Waals surface area contributed by atoms with Gasteiger partial charge in [-0.2, -0.15) is 5.26 Å². The molecule has 7 nitrogen and oxygen atoms in total. The number of nitro groups is 1. The number of amides is 1. The number of rotatable bonds is 6. The number of benzene rings is 1. The second-order valence-corrected chi connectivity index (χ2v) is 10.4. The number of nitriles is 1. The minimum atomic E-state index is -0.521. The van der Waals surface area contributed by atoms with Crippen LogP contribution in [-0.2, 0) is 10.2 Å². The van der Waals surface area contributed by atoms with E-state index >= 15 is 0 Å². The fourth-order valence-electron chi connectivity index (χ4n) is 6.41. The van der Waals surface area contributed by atoms with Gasteiger partial charge in [0.25, 0.3) is 5.69 Å². The van der Waals surface area contributed by atoms with Gasteiger partial charge in [0.1, 0.15) is 16.8 Å². The van der Waals surface area contributed by atoms with E-state index in [0.29, 0.717) is 10.6 Å². The molecule has 0 spiro atoms. The van der Waals surface area contributed by atoms with Gasteiger partial charge in [-0.1, -0.05) is 23.9 Å². The average Bonchev–Trinajstić information content (AvgIpc) is 2.77. The van der Waals surface area contributed by atoms with Gasteiger partial charge in [-0.15, -0.1) is 0 Å². The number of nitrogens with zero attached hydrogens (tertiary/aromatic N) is 3. The smallest absolute Gasteiger partial charge is 0.292 e. The molecule has 6 rings (SSSR count). The number of pyridine rings is 1. The van der Waals surface area contributed by atoms with Gasteiger partial charge < -0.3 is 5.32 Å². The first-order valence-electron chi connectivity index (χ1n) is 11.0. The molecular weight excluding hydrogens is 424 g/mol. The molecule has 4 bridgehead atoms. The van der Waals surface area contributed by atoms with Gasteiger partial charge in [0.15, 0.2) is 0 Å². The summed E-state index contributed by atoms with van der Waals surface area (Å²) in [4.78, 5) is 28.1. The molecule has 32 heavy (non-hydrogen) atoms. The van der Waals surface area contributed by atoms with Crippen LogP contribution in [0.15, 0.2) is 41.4 Å². The summed E-state index contributed by atoms with van der Waals surface area (Å²) in [6, 6.07) is 12.1. The van der Waals surface area contributed by atoms with Crippen LogP contribution in [0, 0.1) is 39.2 Å². The lowest BCUT2D eigenvalue weighted by atomic mass is 9.49. The van der Waals surface area contributed by atoms with Crippen molar-refractivity contribution < 1.29 is 9.72 Å². The molecule has 4 saturated carbocycles. The zero-order chi connectivity index (χ0) is 22.3. The topological polar surface area (TPSA) is 109 Å². The highest BCUT2D eigenvalue weighted by Crippen LogP contribution is 2.60. The molecule has 1 aromatic heterocycles. The molecular formula is C24H24N4O3S. The standard InChI is InChI=1S/C24H24N4O3S/c25-13-18-5-6-21(24-10-15-7-16(11-24)9-17(8-15)12-24)27-23(18)32-14-22(29)26-19-3-1-2-4-20(19)28(30)31/h1-6,15-17H,7-12,14H2,(H,26,29). The highest BCUT2D eigenvalue weighted by molar-refractivity contribution is 8.00.